The van der Waals surface area contributed by atoms with Crippen LogP contribution in [0.2, 0.25) is 0 Å². The SMILES string of the molecule is O=C1CCCO1.O=C1OC2CC3CC1C2C3.O=C1OC2CCCC1C2. The quantitative estimate of drug-likeness (QED) is 0.493. The third kappa shape index (κ3) is 3.53. The standard InChI is InChI=1S/C8H10O2.C7H10O2.C4H6O2/c9-8-6-2-4-1-5(6)7(3-4)10-8;8-7-5-2-1-3-6(4-5)9-7;5-4-2-1-3-6-4/h4-7H,1-3H2;5-6H,1-4H2;1-3H2. The molecule has 6 heteroatoms. The van der Waals surface area contributed by atoms with Crippen molar-refractivity contribution in [2.45, 2.75) is 70.0 Å². The van der Waals surface area contributed by atoms with Gasteiger partial charge in [-0.25, -0.2) is 0 Å². The second-order valence-electron chi connectivity index (χ2n) is 8.07. The van der Waals surface area contributed by atoms with E-state index in [0.29, 0.717) is 31.0 Å². The Labute approximate surface area is 147 Å². The van der Waals surface area contributed by atoms with E-state index in [4.69, 9.17) is 9.47 Å². The minimum Gasteiger partial charge on any atom is -0.466 e. The first-order chi connectivity index (χ1) is 12.1. The van der Waals surface area contributed by atoms with E-state index < -0.39 is 0 Å². The van der Waals surface area contributed by atoms with Crippen LogP contribution in [0.25, 0.3) is 0 Å². The number of esters is 3. The molecule has 6 aliphatic rings. The van der Waals surface area contributed by atoms with Gasteiger partial charge in [0, 0.05) is 12.3 Å². The summed E-state index contributed by atoms with van der Waals surface area (Å²) in [6.45, 7) is 0.638. The van der Waals surface area contributed by atoms with Gasteiger partial charge in [-0.15, -0.1) is 0 Å². The number of hydrogen-bond donors (Lipinski definition) is 0. The summed E-state index contributed by atoms with van der Waals surface area (Å²) in [4.78, 5) is 31.9. The van der Waals surface area contributed by atoms with Gasteiger partial charge in [-0.3, -0.25) is 14.4 Å². The van der Waals surface area contributed by atoms with Crippen LogP contribution in [0, 0.1) is 23.7 Å². The van der Waals surface area contributed by atoms with Crippen molar-refractivity contribution >= 4 is 17.9 Å². The van der Waals surface area contributed by atoms with Gasteiger partial charge in [0.25, 0.3) is 0 Å². The van der Waals surface area contributed by atoms with E-state index in [1.54, 1.807) is 0 Å². The van der Waals surface area contributed by atoms with Gasteiger partial charge in [0.05, 0.1) is 18.4 Å². The molecule has 6 unspecified atom stereocenters. The topological polar surface area (TPSA) is 78.9 Å². The summed E-state index contributed by atoms with van der Waals surface area (Å²) in [6, 6.07) is 0. The zero-order valence-corrected chi connectivity index (χ0v) is 14.5. The first kappa shape index (κ1) is 16.9. The van der Waals surface area contributed by atoms with E-state index in [-0.39, 0.29) is 29.9 Å². The van der Waals surface area contributed by atoms with Gasteiger partial charge >= 0.3 is 17.9 Å². The maximum Gasteiger partial charge on any atom is 0.309 e. The lowest BCUT2D eigenvalue weighted by atomic mass is 9.90. The highest BCUT2D eigenvalue weighted by molar-refractivity contribution is 5.76. The average Bonchev–Trinajstić information content (AvgIpc) is 3.37. The lowest BCUT2D eigenvalue weighted by molar-refractivity contribution is -0.144. The van der Waals surface area contributed by atoms with E-state index in [1.807, 2.05) is 0 Å². The molecule has 6 rings (SSSR count). The molecular formula is C19H26O6. The lowest BCUT2D eigenvalue weighted by Crippen LogP contribution is -2.15. The molecule has 0 radical (unpaired) electrons. The summed E-state index contributed by atoms with van der Waals surface area (Å²) in [5, 5.41) is 0. The van der Waals surface area contributed by atoms with Crippen LogP contribution in [0.4, 0.5) is 0 Å². The molecule has 0 amide bonds. The van der Waals surface area contributed by atoms with Crippen LogP contribution in [-0.4, -0.2) is 36.7 Å². The first-order valence-corrected chi connectivity index (χ1v) is 9.66. The Morgan fingerprint density at radius 2 is 1.72 bits per heavy atom. The molecule has 0 N–H and O–H groups in total. The molecule has 3 saturated heterocycles. The van der Waals surface area contributed by atoms with Crippen LogP contribution in [0.15, 0.2) is 0 Å². The molecule has 0 aromatic carbocycles. The van der Waals surface area contributed by atoms with Crippen molar-refractivity contribution in [3.63, 3.8) is 0 Å². The smallest absolute Gasteiger partial charge is 0.309 e. The van der Waals surface area contributed by atoms with E-state index in [1.165, 1.54) is 12.8 Å². The molecule has 138 valence electrons. The maximum absolute atomic E-state index is 11.1. The molecule has 6 fully saturated rings. The van der Waals surface area contributed by atoms with Crippen LogP contribution in [0.3, 0.4) is 0 Å². The normalized spacial score (nSPS) is 42.0. The minimum atomic E-state index is -0.0463. The molecule has 4 bridgehead atoms. The summed E-state index contributed by atoms with van der Waals surface area (Å²) >= 11 is 0. The van der Waals surface area contributed by atoms with Gasteiger partial charge in [0.2, 0.25) is 0 Å². The van der Waals surface area contributed by atoms with Crippen LogP contribution < -0.4 is 0 Å². The van der Waals surface area contributed by atoms with Crippen molar-refractivity contribution < 1.29 is 28.6 Å². The number of hydrogen-bond acceptors (Lipinski definition) is 6. The molecule has 6 nitrogen and oxygen atoms in total. The number of fused-ring (bicyclic) bond motifs is 3. The third-order valence-electron chi connectivity index (χ3n) is 6.35. The Hall–Kier alpha value is -1.59. The third-order valence-corrected chi connectivity index (χ3v) is 6.35. The van der Waals surface area contributed by atoms with Crippen molar-refractivity contribution in [2.75, 3.05) is 6.61 Å². The van der Waals surface area contributed by atoms with Crippen LogP contribution >= 0.6 is 0 Å². The number of cyclic esters (lactones) is 1. The first-order valence-electron chi connectivity index (χ1n) is 9.66. The van der Waals surface area contributed by atoms with E-state index in [9.17, 15) is 14.4 Å². The maximum atomic E-state index is 11.1. The molecule has 0 aromatic rings. The molecule has 3 aliphatic carbocycles. The molecule has 0 spiro atoms. The highest BCUT2D eigenvalue weighted by atomic mass is 16.6. The summed E-state index contributed by atoms with van der Waals surface area (Å²) in [7, 11) is 0. The van der Waals surface area contributed by atoms with Crippen molar-refractivity contribution in [3.8, 4) is 0 Å². The summed E-state index contributed by atoms with van der Waals surface area (Å²) in [5.41, 5.74) is 0. The molecule has 6 atom stereocenters. The Bertz CT molecular complexity index is 548. The zero-order valence-electron chi connectivity index (χ0n) is 14.5. The van der Waals surface area contributed by atoms with Gasteiger partial charge in [-0.2, -0.15) is 0 Å². The molecule has 25 heavy (non-hydrogen) atoms. The molecule has 3 saturated carbocycles. The van der Waals surface area contributed by atoms with E-state index in [2.05, 4.69) is 4.74 Å². The van der Waals surface area contributed by atoms with Crippen molar-refractivity contribution in [1.82, 2.24) is 0 Å². The predicted octanol–water partition coefficient (Wildman–Crippen LogP) is 2.38. The average molecular weight is 350 g/mol. The Kier molecular flexibility index (Phi) is 4.69. The van der Waals surface area contributed by atoms with Gasteiger partial charge in [0.1, 0.15) is 12.2 Å². The fourth-order valence-electron chi connectivity index (χ4n) is 5.13. The number of carbonyl (C=O) groups excluding carboxylic acids is 3. The molecular weight excluding hydrogens is 324 g/mol. The van der Waals surface area contributed by atoms with Crippen molar-refractivity contribution in [3.05, 3.63) is 0 Å². The Morgan fingerprint density at radius 3 is 2.24 bits per heavy atom. The van der Waals surface area contributed by atoms with Crippen molar-refractivity contribution in [1.29, 1.82) is 0 Å². The molecule has 3 heterocycles. The monoisotopic (exact) mass is 350 g/mol. The Balaban J connectivity index is 0.0000000975. The summed E-state index contributed by atoms with van der Waals surface area (Å²) in [6.07, 6.45) is 10.1. The van der Waals surface area contributed by atoms with E-state index >= 15 is 0 Å². The van der Waals surface area contributed by atoms with Crippen LogP contribution in [0.5, 0.6) is 0 Å². The zero-order chi connectivity index (χ0) is 17.4. The van der Waals surface area contributed by atoms with Crippen molar-refractivity contribution in [2.24, 2.45) is 23.7 Å². The highest BCUT2D eigenvalue weighted by Gasteiger charge is 2.56. The summed E-state index contributed by atoms with van der Waals surface area (Å²) < 4.78 is 14.8. The fraction of sp³-hybridized carbons (Fsp3) is 0.842. The number of ether oxygens (including phenoxy) is 3. The second kappa shape index (κ2) is 6.96. The van der Waals surface area contributed by atoms with Gasteiger partial charge in [-0.05, 0) is 57.3 Å². The number of rotatable bonds is 0. The summed E-state index contributed by atoms with van der Waals surface area (Å²) in [5.74, 6) is 2.12. The molecule has 0 aromatic heterocycles. The largest absolute Gasteiger partial charge is 0.466 e. The number of carbonyl (C=O) groups is 3. The highest BCUT2D eigenvalue weighted by Crippen LogP contribution is 2.54. The lowest BCUT2D eigenvalue weighted by Gasteiger charge is -2.12. The Morgan fingerprint density at radius 1 is 0.840 bits per heavy atom. The van der Waals surface area contributed by atoms with Gasteiger partial charge in [0.15, 0.2) is 0 Å². The predicted molar refractivity (Wildman–Crippen MR) is 86.2 cm³/mol. The van der Waals surface area contributed by atoms with E-state index in [0.717, 1.165) is 44.4 Å². The second-order valence-corrected chi connectivity index (χ2v) is 8.07. The minimum absolute atomic E-state index is 0.0463. The van der Waals surface area contributed by atoms with Crippen LogP contribution in [-0.2, 0) is 28.6 Å². The van der Waals surface area contributed by atoms with Gasteiger partial charge < -0.3 is 14.2 Å². The fourth-order valence-corrected chi connectivity index (χ4v) is 5.13. The van der Waals surface area contributed by atoms with Gasteiger partial charge in [-0.1, -0.05) is 0 Å². The van der Waals surface area contributed by atoms with Crippen LogP contribution in [0.1, 0.15) is 57.8 Å². The molecule has 3 aliphatic heterocycles.